The molecule has 0 amide bonds. The first kappa shape index (κ1) is 17.0. The number of hydrogen-bond acceptors (Lipinski definition) is 4. The van der Waals surface area contributed by atoms with Crippen LogP contribution >= 0.6 is 0 Å². The van der Waals surface area contributed by atoms with E-state index in [4.69, 9.17) is 4.42 Å². The predicted molar refractivity (Wildman–Crippen MR) is 90.5 cm³/mol. The number of carboxylic acid groups (broad SMARTS) is 1. The summed E-state index contributed by atoms with van der Waals surface area (Å²) in [5, 5.41) is 10.4. The summed E-state index contributed by atoms with van der Waals surface area (Å²) in [4.78, 5) is 11.5. The lowest BCUT2D eigenvalue weighted by molar-refractivity contribution is -0.139. The van der Waals surface area contributed by atoms with Gasteiger partial charge in [0.1, 0.15) is 17.4 Å². The third-order valence-electron chi connectivity index (χ3n) is 4.49. The maximum atomic E-state index is 11.7. The van der Waals surface area contributed by atoms with Crippen LogP contribution in [0.2, 0.25) is 0 Å². The predicted octanol–water partition coefficient (Wildman–Crippen LogP) is 3.02. The lowest BCUT2D eigenvalue weighted by Gasteiger charge is -2.34. The Labute approximate surface area is 142 Å². The van der Waals surface area contributed by atoms with Gasteiger partial charge in [-0.15, -0.1) is 0 Å². The number of aryl methyl sites for hydroxylation is 2. The number of anilines is 1. The molecule has 0 radical (unpaired) electrons. The molecule has 1 N–H and O–H groups in total. The Morgan fingerprint density at radius 3 is 2.67 bits per heavy atom. The molecule has 1 aromatic heterocycles. The fraction of sp³-hybridized carbons (Fsp3) is 0.471. The van der Waals surface area contributed by atoms with Gasteiger partial charge in [-0.1, -0.05) is 13.8 Å². The van der Waals surface area contributed by atoms with Crippen LogP contribution in [0.25, 0.3) is 11.0 Å². The van der Waals surface area contributed by atoms with Crippen molar-refractivity contribution in [2.24, 2.45) is 5.92 Å². The average molecular weight is 350 g/mol. The van der Waals surface area contributed by atoms with E-state index in [-0.39, 0.29) is 5.92 Å². The van der Waals surface area contributed by atoms with Gasteiger partial charge in [-0.05, 0) is 37.3 Å². The number of furan rings is 1. The average Bonchev–Trinajstić information content (AvgIpc) is 2.88. The minimum absolute atomic E-state index is 0.308. The van der Waals surface area contributed by atoms with Crippen molar-refractivity contribution in [1.29, 1.82) is 0 Å². The topological polar surface area (TPSA) is 93.8 Å². The van der Waals surface area contributed by atoms with Crippen LogP contribution in [0.3, 0.4) is 0 Å². The molecule has 0 spiro atoms. The molecule has 6 nitrogen and oxygen atoms in total. The minimum atomic E-state index is -2.70. The van der Waals surface area contributed by atoms with Gasteiger partial charge in [0.15, 0.2) is 0 Å². The second kappa shape index (κ2) is 6.57. The SMILES string of the molecule is CC(C)C(C(=O)O)N(c1ccc2c3c(oc2c1)CCCC3)S(=O)[O-]. The first-order valence-electron chi connectivity index (χ1n) is 8.06. The van der Waals surface area contributed by atoms with Crippen molar-refractivity contribution in [3.63, 3.8) is 0 Å². The monoisotopic (exact) mass is 350 g/mol. The van der Waals surface area contributed by atoms with Crippen molar-refractivity contribution < 1.29 is 23.1 Å². The van der Waals surface area contributed by atoms with E-state index in [2.05, 4.69) is 0 Å². The van der Waals surface area contributed by atoms with Gasteiger partial charge in [0.25, 0.3) is 0 Å². The first-order chi connectivity index (χ1) is 11.4. The number of fused-ring (bicyclic) bond motifs is 3. The summed E-state index contributed by atoms with van der Waals surface area (Å²) in [6, 6.07) is 3.95. The summed E-state index contributed by atoms with van der Waals surface area (Å²) >= 11 is -2.70. The molecule has 3 rings (SSSR count). The molecule has 24 heavy (non-hydrogen) atoms. The maximum Gasteiger partial charge on any atom is 0.327 e. The van der Waals surface area contributed by atoms with Gasteiger partial charge in [-0.3, -0.25) is 8.51 Å². The Morgan fingerprint density at radius 1 is 1.33 bits per heavy atom. The highest BCUT2D eigenvalue weighted by molar-refractivity contribution is 7.80. The van der Waals surface area contributed by atoms with Crippen molar-refractivity contribution in [1.82, 2.24) is 0 Å². The molecule has 0 bridgehead atoms. The Morgan fingerprint density at radius 2 is 2.04 bits per heavy atom. The van der Waals surface area contributed by atoms with Crippen LogP contribution in [0.15, 0.2) is 22.6 Å². The molecule has 1 aliphatic rings. The Bertz CT molecular complexity index is 798. The summed E-state index contributed by atoms with van der Waals surface area (Å²) in [6.07, 6.45) is 4.06. The van der Waals surface area contributed by atoms with E-state index < -0.39 is 23.3 Å². The molecular formula is C17H20NO5S-. The van der Waals surface area contributed by atoms with E-state index in [1.165, 1.54) is 5.56 Å². The molecule has 1 aromatic carbocycles. The van der Waals surface area contributed by atoms with Crippen LogP contribution in [0.1, 0.15) is 38.0 Å². The van der Waals surface area contributed by atoms with E-state index in [9.17, 15) is 18.7 Å². The van der Waals surface area contributed by atoms with Gasteiger partial charge in [-0.25, -0.2) is 4.79 Å². The Kier molecular flexibility index (Phi) is 4.64. The number of benzene rings is 1. The lowest BCUT2D eigenvalue weighted by atomic mass is 9.96. The summed E-state index contributed by atoms with van der Waals surface area (Å²) in [5.41, 5.74) is 2.11. The van der Waals surface area contributed by atoms with Crippen LogP contribution in [0.5, 0.6) is 0 Å². The van der Waals surface area contributed by atoms with Crippen LogP contribution in [-0.2, 0) is 28.9 Å². The molecule has 0 aliphatic heterocycles. The molecule has 130 valence electrons. The van der Waals surface area contributed by atoms with E-state index >= 15 is 0 Å². The molecule has 2 unspecified atom stereocenters. The van der Waals surface area contributed by atoms with Gasteiger partial charge >= 0.3 is 5.97 Å². The fourth-order valence-electron chi connectivity index (χ4n) is 3.39. The van der Waals surface area contributed by atoms with Crippen molar-refractivity contribution in [3.8, 4) is 0 Å². The zero-order valence-corrected chi connectivity index (χ0v) is 14.5. The summed E-state index contributed by atoms with van der Waals surface area (Å²) in [6.45, 7) is 3.37. The number of carbonyl (C=O) groups is 1. The van der Waals surface area contributed by atoms with Crippen molar-refractivity contribution in [2.75, 3.05) is 4.31 Å². The molecule has 2 atom stereocenters. The zero-order chi connectivity index (χ0) is 17.4. The number of nitrogens with zero attached hydrogens (tertiary/aromatic N) is 1. The van der Waals surface area contributed by atoms with Gasteiger partial charge in [0.05, 0.1) is 5.69 Å². The second-order valence-corrected chi connectivity index (χ2v) is 7.29. The van der Waals surface area contributed by atoms with Crippen LogP contribution in [0, 0.1) is 5.92 Å². The molecule has 1 aliphatic carbocycles. The number of rotatable bonds is 5. The van der Waals surface area contributed by atoms with Gasteiger partial charge in [-0.2, -0.15) is 0 Å². The summed E-state index contributed by atoms with van der Waals surface area (Å²) in [5.74, 6) is -0.587. The quantitative estimate of drug-likeness (QED) is 0.837. The van der Waals surface area contributed by atoms with E-state index in [1.54, 1.807) is 26.0 Å². The van der Waals surface area contributed by atoms with Crippen LogP contribution in [-0.4, -0.2) is 25.9 Å². The molecule has 2 aromatic rings. The maximum absolute atomic E-state index is 11.7. The third kappa shape index (κ3) is 2.93. The number of hydrogen-bond donors (Lipinski definition) is 1. The number of aliphatic carboxylic acids is 1. The fourth-order valence-corrected chi connectivity index (χ4v) is 4.19. The summed E-state index contributed by atoms with van der Waals surface area (Å²) in [7, 11) is 0. The van der Waals surface area contributed by atoms with Gasteiger partial charge in [0, 0.05) is 34.7 Å². The first-order valence-corrected chi connectivity index (χ1v) is 9.09. The normalized spacial score (nSPS) is 16.8. The highest BCUT2D eigenvalue weighted by Crippen LogP contribution is 2.35. The van der Waals surface area contributed by atoms with Gasteiger partial charge < -0.3 is 14.1 Å². The Hall–Kier alpha value is -1.86. The third-order valence-corrected chi connectivity index (χ3v) is 5.25. The smallest absolute Gasteiger partial charge is 0.327 e. The van der Waals surface area contributed by atoms with Crippen LogP contribution < -0.4 is 4.31 Å². The standard InChI is InChI=1S/C17H21NO5S/c1-10(2)16(17(19)20)18(24(21)22)11-7-8-13-12-5-3-4-6-14(12)23-15(13)9-11/h7-10,16H,3-6H2,1-2H3,(H,19,20)(H,21,22)/p-1. The van der Waals surface area contributed by atoms with E-state index in [0.29, 0.717) is 11.3 Å². The molecule has 1 heterocycles. The van der Waals surface area contributed by atoms with Crippen LogP contribution in [0.4, 0.5) is 5.69 Å². The van der Waals surface area contributed by atoms with Crippen molar-refractivity contribution in [3.05, 3.63) is 29.5 Å². The molecule has 0 fully saturated rings. The minimum Gasteiger partial charge on any atom is -0.755 e. The Balaban J connectivity index is 2.08. The number of carboxylic acids is 1. The molecular weight excluding hydrogens is 330 g/mol. The van der Waals surface area contributed by atoms with Crippen molar-refractivity contribution >= 4 is 33.9 Å². The largest absolute Gasteiger partial charge is 0.755 e. The highest BCUT2D eigenvalue weighted by atomic mass is 32.2. The van der Waals surface area contributed by atoms with Crippen molar-refractivity contribution in [2.45, 2.75) is 45.6 Å². The molecule has 7 heteroatoms. The second-order valence-electron chi connectivity index (χ2n) is 6.46. The molecule has 0 saturated carbocycles. The zero-order valence-electron chi connectivity index (χ0n) is 13.7. The lowest BCUT2D eigenvalue weighted by Crippen LogP contribution is -2.45. The molecule has 0 saturated heterocycles. The van der Waals surface area contributed by atoms with Gasteiger partial charge in [0.2, 0.25) is 0 Å². The van der Waals surface area contributed by atoms with E-state index in [1.807, 2.05) is 6.07 Å². The highest BCUT2D eigenvalue weighted by Gasteiger charge is 2.31. The van der Waals surface area contributed by atoms with E-state index in [0.717, 1.165) is 41.1 Å². The summed E-state index contributed by atoms with van der Waals surface area (Å²) < 4.78 is 30.2.